The van der Waals surface area contributed by atoms with Gasteiger partial charge in [0.1, 0.15) is 5.82 Å². The molecule has 1 atom stereocenters. The molecule has 0 fully saturated rings. The van der Waals surface area contributed by atoms with Crippen molar-refractivity contribution in [2.24, 2.45) is 16.9 Å². The number of hydrogen-bond donors (Lipinski definition) is 2. The van der Waals surface area contributed by atoms with Gasteiger partial charge >= 0.3 is 0 Å². The second-order valence-corrected chi connectivity index (χ2v) is 5.26. The third-order valence-corrected chi connectivity index (χ3v) is 2.99. The summed E-state index contributed by atoms with van der Waals surface area (Å²) in [5, 5.41) is 0.110. The van der Waals surface area contributed by atoms with Crippen LogP contribution < -0.4 is 11.5 Å². The summed E-state index contributed by atoms with van der Waals surface area (Å²) in [7, 11) is 0. The predicted octanol–water partition coefficient (Wildman–Crippen LogP) is 2.85. The van der Waals surface area contributed by atoms with Crippen LogP contribution in [0.15, 0.2) is 18.2 Å². The van der Waals surface area contributed by atoms with Crippen molar-refractivity contribution in [1.29, 1.82) is 0 Å². The van der Waals surface area contributed by atoms with Gasteiger partial charge in [-0.2, -0.15) is 0 Å². The molecule has 0 spiro atoms. The SMILES string of the molecule is CC(C)(CN)CC(N)c1ccc(F)c(Cl)c1. The van der Waals surface area contributed by atoms with E-state index >= 15 is 0 Å². The van der Waals surface area contributed by atoms with Crippen LogP contribution in [0, 0.1) is 11.2 Å². The second kappa shape index (κ2) is 5.13. The molecule has 0 saturated carbocycles. The lowest BCUT2D eigenvalue weighted by Gasteiger charge is -2.26. The molecule has 0 heterocycles. The molecule has 0 radical (unpaired) electrons. The van der Waals surface area contributed by atoms with Gasteiger partial charge in [0.25, 0.3) is 0 Å². The molecule has 1 unspecified atom stereocenters. The lowest BCUT2D eigenvalue weighted by atomic mass is 9.84. The van der Waals surface area contributed by atoms with E-state index in [0.29, 0.717) is 6.54 Å². The minimum absolute atomic E-state index is 0.0275. The zero-order valence-corrected chi connectivity index (χ0v) is 10.4. The van der Waals surface area contributed by atoms with Crippen LogP contribution in [0.5, 0.6) is 0 Å². The molecule has 2 nitrogen and oxygen atoms in total. The molecular weight excluding hydrogens is 227 g/mol. The van der Waals surface area contributed by atoms with Gasteiger partial charge in [0, 0.05) is 6.04 Å². The van der Waals surface area contributed by atoms with Gasteiger partial charge in [-0.1, -0.05) is 31.5 Å². The Bertz CT molecular complexity index is 366. The van der Waals surface area contributed by atoms with Crippen LogP contribution in [0.4, 0.5) is 4.39 Å². The van der Waals surface area contributed by atoms with Crippen LogP contribution in [0.25, 0.3) is 0 Å². The van der Waals surface area contributed by atoms with Crippen molar-refractivity contribution in [3.8, 4) is 0 Å². The highest BCUT2D eigenvalue weighted by Crippen LogP contribution is 2.29. The third-order valence-electron chi connectivity index (χ3n) is 2.70. The van der Waals surface area contributed by atoms with Crippen molar-refractivity contribution < 1.29 is 4.39 Å². The molecule has 16 heavy (non-hydrogen) atoms. The summed E-state index contributed by atoms with van der Waals surface area (Å²) in [5.41, 5.74) is 12.5. The monoisotopic (exact) mass is 244 g/mol. The molecule has 1 rings (SSSR count). The van der Waals surface area contributed by atoms with Gasteiger partial charge in [-0.05, 0) is 36.1 Å². The first kappa shape index (κ1) is 13.4. The first-order valence-corrected chi connectivity index (χ1v) is 5.64. The number of benzene rings is 1. The van der Waals surface area contributed by atoms with Crippen LogP contribution in [0.3, 0.4) is 0 Å². The standard InChI is InChI=1S/C12H18ClFN2/c1-12(2,7-15)6-11(16)8-3-4-10(14)9(13)5-8/h3-5,11H,6-7,15-16H2,1-2H3. The number of hydrogen-bond acceptors (Lipinski definition) is 2. The lowest BCUT2D eigenvalue weighted by molar-refractivity contribution is 0.317. The lowest BCUT2D eigenvalue weighted by Crippen LogP contribution is -2.28. The molecule has 0 aliphatic rings. The first-order valence-electron chi connectivity index (χ1n) is 5.26. The average molecular weight is 245 g/mol. The normalized spacial score (nSPS) is 13.9. The number of rotatable bonds is 4. The molecule has 1 aromatic carbocycles. The van der Waals surface area contributed by atoms with Crippen molar-refractivity contribution in [2.45, 2.75) is 26.3 Å². The van der Waals surface area contributed by atoms with Gasteiger partial charge < -0.3 is 11.5 Å². The van der Waals surface area contributed by atoms with E-state index in [-0.39, 0.29) is 16.5 Å². The smallest absolute Gasteiger partial charge is 0.141 e. The molecular formula is C12H18ClFN2. The van der Waals surface area contributed by atoms with Crippen LogP contribution in [0.1, 0.15) is 31.9 Å². The number of nitrogens with two attached hydrogens (primary N) is 2. The fourth-order valence-corrected chi connectivity index (χ4v) is 1.73. The maximum Gasteiger partial charge on any atom is 0.141 e. The minimum Gasteiger partial charge on any atom is -0.330 e. The fourth-order valence-electron chi connectivity index (χ4n) is 1.54. The van der Waals surface area contributed by atoms with Crippen molar-refractivity contribution in [2.75, 3.05) is 6.54 Å². The topological polar surface area (TPSA) is 52.0 Å². The first-order chi connectivity index (χ1) is 7.35. The zero-order valence-electron chi connectivity index (χ0n) is 9.63. The Morgan fingerprint density at radius 3 is 2.56 bits per heavy atom. The maximum absolute atomic E-state index is 13.0. The van der Waals surface area contributed by atoms with Crippen LogP contribution in [0.2, 0.25) is 5.02 Å². The summed E-state index contributed by atoms with van der Waals surface area (Å²) >= 11 is 5.71. The van der Waals surface area contributed by atoms with Crippen LogP contribution in [-0.2, 0) is 0 Å². The Kier molecular flexibility index (Phi) is 4.30. The van der Waals surface area contributed by atoms with Gasteiger partial charge in [-0.15, -0.1) is 0 Å². The molecule has 4 heteroatoms. The van der Waals surface area contributed by atoms with E-state index in [1.807, 2.05) is 0 Å². The molecule has 90 valence electrons. The molecule has 0 amide bonds. The van der Waals surface area contributed by atoms with E-state index in [1.165, 1.54) is 6.07 Å². The number of halogens is 2. The van der Waals surface area contributed by atoms with Gasteiger partial charge in [-0.3, -0.25) is 0 Å². The minimum atomic E-state index is -0.421. The Balaban J connectivity index is 2.81. The fraction of sp³-hybridized carbons (Fsp3) is 0.500. The molecule has 0 saturated heterocycles. The highest BCUT2D eigenvalue weighted by molar-refractivity contribution is 6.30. The van der Waals surface area contributed by atoms with E-state index < -0.39 is 5.82 Å². The van der Waals surface area contributed by atoms with E-state index in [9.17, 15) is 4.39 Å². The highest BCUT2D eigenvalue weighted by atomic mass is 35.5. The van der Waals surface area contributed by atoms with Gasteiger partial charge in [0.05, 0.1) is 5.02 Å². The van der Waals surface area contributed by atoms with Crippen molar-refractivity contribution in [3.63, 3.8) is 0 Å². The van der Waals surface area contributed by atoms with E-state index in [1.54, 1.807) is 12.1 Å². The second-order valence-electron chi connectivity index (χ2n) is 4.85. The van der Waals surface area contributed by atoms with Crippen molar-refractivity contribution >= 4 is 11.6 Å². The zero-order chi connectivity index (χ0) is 12.3. The Morgan fingerprint density at radius 2 is 2.06 bits per heavy atom. The van der Waals surface area contributed by atoms with Crippen LogP contribution >= 0.6 is 11.6 Å². The van der Waals surface area contributed by atoms with Gasteiger partial charge in [0.15, 0.2) is 0 Å². The van der Waals surface area contributed by atoms with Gasteiger partial charge in [0.2, 0.25) is 0 Å². The Labute approximate surface area is 101 Å². The van der Waals surface area contributed by atoms with E-state index in [0.717, 1.165) is 12.0 Å². The largest absolute Gasteiger partial charge is 0.330 e. The maximum atomic E-state index is 13.0. The molecule has 1 aromatic rings. The van der Waals surface area contributed by atoms with Crippen molar-refractivity contribution in [1.82, 2.24) is 0 Å². The van der Waals surface area contributed by atoms with E-state index in [4.69, 9.17) is 23.1 Å². The summed E-state index contributed by atoms with van der Waals surface area (Å²) < 4.78 is 13.0. The summed E-state index contributed by atoms with van der Waals surface area (Å²) in [6.45, 7) is 4.67. The summed E-state index contributed by atoms with van der Waals surface area (Å²) in [5.74, 6) is -0.421. The highest BCUT2D eigenvalue weighted by Gasteiger charge is 2.21. The summed E-state index contributed by atoms with van der Waals surface area (Å²) in [6, 6.07) is 4.41. The summed E-state index contributed by atoms with van der Waals surface area (Å²) in [6.07, 6.45) is 0.742. The molecule has 0 bridgehead atoms. The van der Waals surface area contributed by atoms with E-state index in [2.05, 4.69) is 13.8 Å². The summed E-state index contributed by atoms with van der Waals surface area (Å²) in [4.78, 5) is 0. The van der Waals surface area contributed by atoms with Crippen LogP contribution in [-0.4, -0.2) is 6.54 Å². The van der Waals surface area contributed by atoms with Gasteiger partial charge in [-0.25, -0.2) is 4.39 Å². The Hall–Kier alpha value is -0.640. The predicted molar refractivity (Wildman–Crippen MR) is 65.8 cm³/mol. The average Bonchev–Trinajstić information content (AvgIpc) is 2.21. The van der Waals surface area contributed by atoms with Crippen molar-refractivity contribution in [3.05, 3.63) is 34.6 Å². The Morgan fingerprint density at radius 1 is 1.44 bits per heavy atom. The quantitative estimate of drug-likeness (QED) is 0.856. The molecule has 4 N–H and O–H groups in total. The molecule has 0 aliphatic heterocycles. The molecule has 0 aromatic heterocycles. The third kappa shape index (κ3) is 3.44. The molecule has 0 aliphatic carbocycles.